The molecule has 1 N–H and O–H groups in total. The van der Waals surface area contributed by atoms with Gasteiger partial charge in [0.2, 0.25) is 17.6 Å². The molecule has 2 heterocycles. The van der Waals surface area contributed by atoms with Gasteiger partial charge >= 0.3 is 0 Å². The number of carbonyl (C=O) groups is 1. The van der Waals surface area contributed by atoms with Crippen molar-refractivity contribution >= 4 is 11.6 Å². The first-order valence-electron chi connectivity index (χ1n) is 8.27. The largest absolute Gasteiger partial charge is 0.486 e. The summed E-state index contributed by atoms with van der Waals surface area (Å²) in [6.45, 7) is 2.99. The van der Waals surface area contributed by atoms with Crippen molar-refractivity contribution in [1.29, 1.82) is 0 Å². The van der Waals surface area contributed by atoms with E-state index in [2.05, 4.69) is 15.5 Å². The van der Waals surface area contributed by atoms with Crippen LogP contribution in [-0.4, -0.2) is 29.3 Å². The summed E-state index contributed by atoms with van der Waals surface area (Å²) in [5.74, 6) is 1.79. The molecule has 0 radical (unpaired) electrons. The zero-order chi connectivity index (χ0) is 17.9. The Balaban J connectivity index is 1.43. The van der Waals surface area contributed by atoms with Crippen molar-refractivity contribution in [3.05, 3.63) is 53.9 Å². The molecule has 0 aliphatic carbocycles. The molecule has 0 atom stereocenters. The number of aromatic nitrogens is 2. The summed E-state index contributed by atoms with van der Waals surface area (Å²) in [6, 6.07) is 13.0. The van der Waals surface area contributed by atoms with Crippen LogP contribution in [0.3, 0.4) is 0 Å². The Hall–Kier alpha value is -3.35. The minimum atomic E-state index is -0.248. The van der Waals surface area contributed by atoms with Gasteiger partial charge in [-0.3, -0.25) is 4.79 Å². The predicted octanol–water partition coefficient (Wildman–Crippen LogP) is 3.00. The number of hydrogen-bond acceptors (Lipinski definition) is 6. The van der Waals surface area contributed by atoms with E-state index in [1.54, 1.807) is 18.2 Å². The van der Waals surface area contributed by atoms with Gasteiger partial charge in [-0.05, 0) is 24.6 Å². The van der Waals surface area contributed by atoms with Gasteiger partial charge in [0.25, 0.3) is 0 Å². The molecule has 0 unspecified atom stereocenters. The van der Waals surface area contributed by atoms with Crippen molar-refractivity contribution in [2.24, 2.45) is 0 Å². The number of amides is 1. The van der Waals surface area contributed by atoms with E-state index < -0.39 is 0 Å². The van der Waals surface area contributed by atoms with Crippen molar-refractivity contribution in [3.8, 4) is 22.9 Å². The van der Waals surface area contributed by atoms with Crippen LogP contribution in [0.15, 0.2) is 47.0 Å². The van der Waals surface area contributed by atoms with E-state index in [1.165, 1.54) is 0 Å². The second-order valence-electron chi connectivity index (χ2n) is 5.91. The molecule has 0 spiro atoms. The van der Waals surface area contributed by atoms with Gasteiger partial charge in [0.15, 0.2) is 11.5 Å². The monoisotopic (exact) mass is 351 g/mol. The van der Waals surface area contributed by atoms with Crippen LogP contribution in [0.5, 0.6) is 11.5 Å². The van der Waals surface area contributed by atoms with Gasteiger partial charge < -0.3 is 19.3 Å². The van der Waals surface area contributed by atoms with Crippen LogP contribution in [0, 0.1) is 6.92 Å². The summed E-state index contributed by atoms with van der Waals surface area (Å²) in [6.07, 6.45) is -0.00662. The average Bonchev–Trinajstić information content (AvgIpc) is 3.10. The normalized spacial score (nSPS) is 12.7. The van der Waals surface area contributed by atoms with E-state index in [-0.39, 0.29) is 18.2 Å². The van der Waals surface area contributed by atoms with Crippen LogP contribution >= 0.6 is 0 Å². The molecule has 132 valence electrons. The number of fused-ring (bicyclic) bond motifs is 1. The maximum Gasteiger partial charge on any atom is 0.236 e. The molecule has 2 aromatic carbocycles. The molecule has 1 aromatic heterocycles. The molecule has 3 aromatic rings. The first kappa shape index (κ1) is 16.1. The summed E-state index contributed by atoms with van der Waals surface area (Å²) in [4.78, 5) is 16.6. The summed E-state index contributed by atoms with van der Waals surface area (Å²) < 4.78 is 16.2. The van der Waals surface area contributed by atoms with E-state index in [4.69, 9.17) is 14.0 Å². The molecule has 4 rings (SSSR count). The second-order valence-corrected chi connectivity index (χ2v) is 5.91. The minimum Gasteiger partial charge on any atom is -0.486 e. The lowest BCUT2D eigenvalue weighted by atomic mass is 10.1. The second kappa shape index (κ2) is 6.87. The number of nitrogens with one attached hydrogen (secondary N) is 1. The molecule has 7 nitrogen and oxygen atoms in total. The number of anilines is 1. The van der Waals surface area contributed by atoms with E-state index in [0.29, 0.717) is 36.2 Å². The quantitative estimate of drug-likeness (QED) is 0.778. The summed E-state index contributed by atoms with van der Waals surface area (Å²) in [7, 11) is 0. The zero-order valence-electron chi connectivity index (χ0n) is 14.2. The van der Waals surface area contributed by atoms with Crippen LogP contribution < -0.4 is 14.8 Å². The fraction of sp³-hybridized carbons (Fsp3) is 0.211. The minimum absolute atomic E-state index is 0.00662. The van der Waals surface area contributed by atoms with Crippen LogP contribution in [0.1, 0.15) is 11.5 Å². The lowest BCUT2D eigenvalue weighted by Gasteiger charge is -2.18. The topological polar surface area (TPSA) is 86.5 Å². The Kier molecular flexibility index (Phi) is 4.27. The molecule has 26 heavy (non-hydrogen) atoms. The van der Waals surface area contributed by atoms with Gasteiger partial charge in [-0.1, -0.05) is 29.4 Å². The number of aryl methyl sites for hydroxylation is 1. The zero-order valence-corrected chi connectivity index (χ0v) is 14.2. The SMILES string of the molecule is Cc1ccccc1-c1noc(CC(=O)Nc2ccc3c(c2)OCCO3)n1. The number of ether oxygens (including phenoxy) is 2. The molecule has 0 saturated carbocycles. The Bertz CT molecular complexity index is 951. The Labute approximate surface area is 149 Å². The van der Waals surface area contributed by atoms with Gasteiger partial charge in [-0.15, -0.1) is 0 Å². The standard InChI is InChI=1S/C19H17N3O4/c1-12-4-2-3-5-14(12)19-21-18(26-22-19)11-17(23)20-13-6-7-15-16(10-13)25-9-8-24-15/h2-7,10H,8-9,11H2,1H3,(H,20,23). The van der Waals surface area contributed by atoms with Crippen molar-refractivity contribution in [1.82, 2.24) is 10.1 Å². The smallest absolute Gasteiger partial charge is 0.236 e. The molecule has 0 saturated heterocycles. The molecule has 1 aliphatic heterocycles. The van der Waals surface area contributed by atoms with Gasteiger partial charge in [-0.2, -0.15) is 4.98 Å². The summed E-state index contributed by atoms with van der Waals surface area (Å²) in [5, 5.41) is 6.76. The molecule has 0 bridgehead atoms. The van der Waals surface area contributed by atoms with Crippen molar-refractivity contribution in [2.75, 3.05) is 18.5 Å². The third-order valence-corrected chi connectivity index (χ3v) is 3.99. The van der Waals surface area contributed by atoms with Crippen LogP contribution in [-0.2, 0) is 11.2 Å². The molecule has 7 heteroatoms. The van der Waals surface area contributed by atoms with Gasteiger partial charge in [0, 0.05) is 17.3 Å². The van der Waals surface area contributed by atoms with Gasteiger partial charge in [-0.25, -0.2) is 0 Å². The summed E-state index contributed by atoms with van der Waals surface area (Å²) >= 11 is 0. The van der Waals surface area contributed by atoms with E-state index in [1.807, 2.05) is 31.2 Å². The highest BCUT2D eigenvalue weighted by Crippen LogP contribution is 2.32. The van der Waals surface area contributed by atoms with Crippen molar-refractivity contribution in [3.63, 3.8) is 0 Å². The van der Waals surface area contributed by atoms with E-state index >= 15 is 0 Å². The number of benzene rings is 2. The highest BCUT2D eigenvalue weighted by atomic mass is 16.6. The third kappa shape index (κ3) is 3.37. The Morgan fingerprint density at radius 3 is 2.77 bits per heavy atom. The molecular weight excluding hydrogens is 334 g/mol. The molecule has 0 fully saturated rings. The van der Waals surface area contributed by atoms with E-state index in [9.17, 15) is 4.79 Å². The first-order valence-corrected chi connectivity index (χ1v) is 8.27. The number of carbonyl (C=O) groups excluding carboxylic acids is 1. The Morgan fingerprint density at radius 2 is 1.92 bits per heavy atom. The van der Waals surface area contributed by atoms with E-state index in [0.717, 1.165) is 11.1 Å². The van der Waals surface area contributed by atoms with Crippen LogP contribution in [0.2, 0.25) is 0 Å². The highest BCUT2D eigenvalue weighted by Gasteiger charge is 2.16. The highest BCUT2D eigenvalue weighted by molar-refractivity contribution is 5.92. The molecule has 1 aliphatic rings. The first-order chi connectivity index (χ1) is 12.7. The number of hydrogen-bond donors (Lipinski definition) is 1. The fourth-order valence-electron chi connectivity index (χ4n) is 2.72. The van der Waals surface area contributed by atoms with Crippen molar-refractivity contribution in [2.45, 2.75) is 13.3 Å². The molecular formula is C19H17N3O4. The van der Waals surface area contributed by atoms with Crippen molar-refractivity contribution < 1.29 is 18.8 Å². The third-order valence-electron chi connectivity index (χ3n) is 3.99. The average molecular weight is 351 g/mol. The predicted molar refractivity (Wildman–Crippen MR) is 94.2 cm³/mol. The van der Waals surface area contributed by atoms with Gasteiger partial charge in [0.05, 0.1) is 0 Å². The van der Waals surface area contributed by atoms with Gasteiger partial charge in [0.1, 0.15) is 19.6 Å². The Morgan fingerprint density at radius 1 is 1.12 bits per heavy atom. The summed E-state index contributed by atoms with van der Waals surface area (Å²) in [5.41, 5.74) is 2.55. The fourth-order valence-corrected chi connectivity index (χ4v) is 2.72. The number of rotatable bonds is 4. The van der Waals surface area contributed by atoms with Crippen LogP contribution in [0.4, 0.5) is 5.69 Å². The number of nitrogens with zero attached hydrogens (tertiary/aromatic N) is 2. The molecule has 1 amide bonds. The lowest BCUT2D eigenvalue weighted by molar-refractivity contribution is -0.115. The van der Waals surface area contributed by atoms with Crippen LogP contribution in [0.25, 0.3) is 11.4 Å². The maximum absolute atomic E-state index is 12.3. The lowest BCUT2D eigenvalue weighted by Crippen LogP contribution is -2.17. The maximum atomic E-state index is 12.3.